The number of aromatic nitrogens is 4. The standard InChI is InChI=1S/C25H24N6OS/c32-24(28-25-27-22(17-33-25)20-8-4-5-13-26-20)21-9-10-23(30-29-21)31-14-11-19(12-15-31)16-18-6-2-1-3-7-18/h1-10,13,17,19H,11-12,14-16H2,(H,27,28,32). The van der Waals surface area contributed by atoms with Gasteiger partial charge in [0.15, 0.2) is 16.6 Å². The van der Waals surface area contributed by atoms with Gasteiger partial charge in [0.25, 0.3) is 5.91 Å². The molecule has 166 valence electrons. The maximum Gasteiger partial charge on any atom is 0.277 e. The number of amides is 1. The van der Waals surface area contributed by atoms with E-state index in [2.05, 4.69) is 60.7 Å². The van der Waals surface area contributed by atoms with Gasteiger partial charge >= 0.3 is 0 Å². The van der Waals surface area contributed by atoms with Gasteiger partial charge in [0.1, 0.15) is 5.69 Å². The molecule has 4 aromatic rings. The van der Waals surface area contributed by atoms with Gasteiger partial charge < -0.3 is 4.90 Å². The van der Waals surface area contributed by atoms with Crippen LogP contribution in [0.15, 0.2) is 72.2 Å². The van der Waals surface area contributed by atoms with Gasteiger partial charge in [0.05, 0.1) is 5.69 Å². The molecule has 1 amide bonds. The molecule has 4 heterocycles. The van der Waals surface area contributed by atoms with Crippen LogP contribution < -0.4 is 10.2 Å². The Morgan fingerprint density at radius 3 is 2.52 bits per heavy atom. The van der Waals surface area contributed by atoms with E-state index >= 15 is 0 Å². The van der Waals surface area contributed by atoms with Gasteiger partial charge in [0, 0.05) is 24.7 Å². The van der Waals surface area contributed by atoms with Crippen LogP contribution in [-0.2, 0) is 6.42 Å². The number of benzene rings is 1. The number of hydrogen-bond acceptors (Lipinski definition) is 7. The van der Waals surface area contributed by atoms with E-state index in [4.69, 9.17) is 0 Å². The van der Waals surface area contributed by atoms with Crippen molar-refractivity contribution in [1.29, 1.82) is 0 Å². The first-order valence-electron chi connectivity index (χ1n) is 11.1. The number of rotatable bonds is 6. The molecule has 1 N–H and O–H groups in total. The smallest absolute Gasteiger partial charge is 0.277 e. The molecule has 0 bridgehead atoms. The zero-order chi connectivity index (χ0) is 22.5. The third-order valence-corrected chi connectivity index (χ3v) is 6.60. The van der Waals surface area contributed by atoms with E-state index in [1.165, 1.54) is 16.9 Å². The van der Waals surface area contributed by atoms with Gasteiger partial charge in [0.2, 0.25) is 0 Å². The molecule has 3 aromatic heterocycles. The largest absolute Gasteiger partial charge is 0.355 e. The normalized spacial score (nSPS) is 14.2. The van der Waals surface area contributed by atoms with E-state index in [0.29, 0.717) is 11.0 Å². The molecule has 0 radical (unpaired) electrons. The zero-order valence-electron chi connectivity index (χ0n) is 18.1. The van der Waals surface area contributed by atoms with E-state index in [1.54, 1.807) is 12.3 Å². The highest BCUT2D eigenvalue weighted by Crippen LogP contribution is 2.25. The number of thiazole rings is 1. The van der Waals surface area contributed by atoms with Crippen LogP contribution in [0.25, 0.3) is 11.4 Å². The second kappa shape index (κ2) is 9.87. The lowest BCUT2D eigenvalue weighted by Crippen LogP contribution is -2.35. The van der Waals surface area contributed by atoms with Gasteiger partial charge in [-0.15, -0.1) is 21.5 Å². The Balaban J connectivity index is 1.15. The summed E-state index contributed by atoms with van der Waals surface area (Å²) in [4.78, 5) is 23.6. The lowest BCUT2D eigenvalue weighted by molar-refractivity contribution is 0.102. The summed E-state index contributed by atoms with van der Waals surface area (Å²) < 4.78 is 0. The number of carbonyl (C=O) groups is 1. The summed E-state index contributed by atoms with van der Waals surface area (Å²) in [6, 6.07) is 19.9. The van der Waals surface area contributed by atoms with Gasteiger partial charge in [-0.2, -0.15) is 0 Å². The molecule has 1 fully saturated rings. The van der Waals surface area contributed by atoms with Crippen molar-refractivity contribution in [3.05, 3.63) is 83.5 Å². The number of pyridine rings is 1. The molecule has 1 aromatic carbocycles. The summed E-state index contributed by atoms with van der Waals surface area (Å²) in [5.74, 6) is 1.19. The number of carbonyl (C=O) groups excluding carboxylic acids is 1. The molecule has 1 saturated heterocycles. The molecule has 33 heavy (non-hydrogen) atoms. The minimum Gasteiger partial charge on any atom is -0.355 e. The van der Waals surface area contributed by atoms with Crippen LogP contribution in [0, 0.1) is 5.92 Å². The molecule has 0 aliphatic carbocycles. The fourth-order valence-corrected chi connectivity index (χ4v) is 4.75. The van der Waals surface area contributed by atoms with Crippen LogP contribution in [0.1, 0.15) is 28.9 Å². The summed E-state index contributed by atoms with van der Waals surface area (Å²) in [5.41, 5.74) is 3.17. The van der Waals surface area contributed by atoms with E-state index in [1.807, 2.05) is 29.6 Å². The Labute approximate surface area is 196 Å². The van der Waals surface area contributed by atoms with E-state index in [-0.39, 0.29) is 11.6 Å². The van der Waals surface area contributed by atoms with Gasteiger partial charge in [-0.05, 0) is 55.0 Å². The fourth-order valence-electron chi connectivity index (χ4n) is 4.05. The summed E-state index contributed by atoms with van der Waals surface area (Å²) in [6.07, 6.45) is 5.09. The van der Waals surface area contributed by atoms with Crippen LogP contribution in [0.2, 0.25) is 0 Å². The predicted octanol–water partition coefficient (Wildman–Crippen LogP) is 4.71. The summed E-state index contributed by atoms with van der Waals surface area (Å²) in [6.45, 7) is 1.90. The van der Waals surface area contributed by atoms with E-state index < -0.39 is 0 Å². The Kier molecular flexibility index (Phi) is 6.34. The highest BCUT2D eigenvalue weighted by Gasteiger charge is 2.21. The maximum absolute atomic E-state index is 12.6. The Morgan fingerprint density at radius 2 is 1.79 bits per heavy atom. The number of nitrogens with zero attached hydrogens (tertiary/aromatic N) is 5. The molecule has 1 aliphatic heterocycles. The van der Waals surface area contributed by atoms with Crippen molar-refractivity contribution in [2.45, 2.75) is 19.3 Å². The maximum atomic E-state index is 12.6. The highest BCUT2D eigenvalue weighted by atomic mass is 32.1. The monoisotopic (exact) mass is 456 g/mol. The molecule has 7 nitrogen and oxygen atoms in total. The Morgan fingerprint density at radius 1 is 0.970 bits per heavy atom. The summed E-state index contributed by atoms with van der Waals surface area (Å²) in [5, 5.41) is 13.7. The molecule has 0 unspecified atom stereocenters. The minimum absolute atomic E-state index is 0.271. The molecule has 0 saturated carbocycles. The third kappa shape index (κ3) is 5.23. The molecular formula is C25H24N6OS. The molecular weight excluding hydrogens is 432 g/mol. The van der Waals surface area contributed by atoms with Crippen LogP contribution in [0.5, 0.6) is 0 Å². The van der Waals surface area contributed by atoms with Gasteiger partial charge in [-0.1, -0.05) is 36.4 Å². The fraction of sp³-hybridized carbons (Fsp3) is 0.240. The van der Waals surface area contributed by atoms with Crippen molar-refractivity contribution in [2.24, 2.45) is 5.92 Å². The molecule has 1 aliphatic rings. The third-order valence-electron chi connectivity index (χ3n) is 5.84. The second-order valence-electron chi connectivity index (χ2n) is 8.10. The first kappa shape index (κ1) is 21.2. The predicted molar refractivity (Wildman–Crippen MR) is 130 cm³/mol. The zero-order valence-corrected chi connectivity index (χ0v) is 18.9. The van der Waals surface area contributed by atoms with Crippen LogP contribution in [-0.4, -0.2) is 39.2 Å². The summed E-state index contributed by atoms with van der Waals surface area (Å²) >= 11 is 1.35. The van der Waals surface area contributed by atoms with Crippen LogP contribution in [0.3, 0.4) is 0 Å². The number of nitrogens with one attached hydrogen (secondary N) is 1. The van der Waals surface area contributed by atoms with Crippen molar-refractivity contribution in [3.63, 3.8) is 0 Å². The van der Waals surface area contributed by atoms with Crippen LogP contribution >= 0.6 is 11.3 Å². The number of piperidine rings is 1. The van der Waals surface area contributed by atoms with Crippen molar-refractivity contribution < 1.29 is 4.79 Å². The lowest BCUT2D eigenvalue weighted by Gasteiger charge is -2.32. The van der Waals surface area contributed by atoms with Gasteiger partial charge in [-0.25, -0.2) is 4.98 Å². The van der Waals surface area contributed by atoms with Crippen molar-refractivity contribution in [1.82, 2.24) is 20.2 Å². The first-order valence-corrected chi connectivity index (χ1v) is 11.9. The lowest BCUT2D eigenvalue weighted by atomic mass is 9.90. The average Bonchev–Trinajstić information content (AvgIpc) is 3.34. The SMILES string of the molecule is O=C(Nc1nc(-c2ccccn2)cs1)c1ccc(N2CCC(Cc3ccccc3)CC2)nn1. The average molecular weight is 457 g/mol. The van der Waals surface area contributed by atoms with E-state index in [0.717, 1.165) is 49.6 Å². The Hall–Kier alpha value is -3.65. The minimum atomic E-state index is -0.322. The Bertz CT molecular complexity index is 1190. The molecule has 0 atom stereocenters. The highest BCUT2D eigenvalue weighted by molar-refractivity contribution is 7.14. The topological polar surface area (TPSA) is 83.9 Å². The quantitative estimate of drug-likeness (QED) is 0.453. The summed E-state index contributed by atoms with van der Waals surface area (Å²) in [7, 11) is 0. The second-order valence-corrected chi connectivity index (χ2v) is 8.96. The number of hydrogen-bond donors (Lipinski definition) is 1. The molecule has 5 rings (SSSR count). The van der Waals surface area contributed by atoms with Crippen molar-refractivity contribution >= 4 is 28.2 Å². The van der Waals surface area contributed by atoms with Gasteiger partial charge in [-0.3, -0.25) is 15.1 Å². The number of anilines is 2. The van der Waals surface area contributed by atoms with Crippen LogP contribution in [0.4, 0.5) is 10.9 Å². The van der Waals surface area contributed by atoms with E-state index in [9.17, 15) is 4.79 Å². The van der Waals surface area contributed by atoms with Crippen molar-refractivity contribution in [3.8, 4) is 11.4 Å². The molecule has 8 heteroatoms. The van der Waals surface area contributed by atoms with Crippen molar-refractivity contribution in [2.75, 3.05) is 23.3 Å². The molecule has 0 spiro atoms. The first-order chi connectivity index (χ1) is 16.2.